The summed E-state index contributed by atoms with van der Waals surface area (Å²) in [7, 11) is 0. The predicted molar refractivity (Wildman–Crippen MR) is 88.3 cm³/mol. The first-order valence-corrected chi connectivity index (χ1v) is 8.03. The topological polar surface area (TPSA) is 139 Å². The van der Waals surface area contributed by atoms with Gasteiger partial charge in [-0.15, -0.1) is 0 Å². The molecule has 1 fully saturated rings. The van der Waals surface area contributed by atoms with Crippen LogP contribution in [0, 0.1) is 5.92 Å². The summed E-state index contributed by atoms with van der Waals surface area (Å²) >= 11 is 0. The van der Waals surface area contributed by atoms with Crippen LogP contribution in [0.25, 0.3) is 0 Å². The van der Waals surface area contributed by atoms with Crippen molar-refractivity contribution < 1.29 is 24.3 Å². The van der Waals surface area contributed by atoms with Crippen LogP contribution in [0.4, 0.5) is 0 Å². The second kappa shape index (κ2) is 8.39. The Morgan fingerprint density at radius 3 is 2.36 bits per heavy atom. The van der Waals surface area contributed by atoms with Crippen LogP contribution in [0.5, 0.6) is 0 Å². The molecule has 0 saturated heterocycles. The third kappa shape index (κ3) is 5.68. The van der Waals surface area contributed by atoms with Gasteiger partial charge in [0.25, 0.3) is 5.91 Å². The first kappa shape index (κ1) is 18.6. The smallest absolute Gasteiger partial charge is 0.330 e. The minimum Gasteiger partial charge on any atom is -0.479 e. The molecule has 2 amide bonds. The summed E-state index contributed by atoms with van der Waals surface area (Å²) < 4.78 is 0. The maximum atomic E-state index is 11.9. The van der Waals surface area contributed by atoms with E-state index in [9.17, 15) is 24.3 Å². The highest BCUT2D eigenvalue weighted by Gasteiger charge is 2.30. The van der Waals surface area contributed by atoms with Crippen LogP contribution >= 0.6 is 0 Å². The zero-order valence-corrected chi connectivity index (χ0v) is 13.6. The molecule has 0 bridgehead atoms. The molecule has 134 valence electrons. The molecular weight excluding hydrogens is 326 g/mol. The highest BCUT2D eigenvalue weighted by atomic mass is 16.4. The summed E-state index contributed by atoms with van der Waals surface area (Å²) in [5, 5.41) is 13.7. The van der Waals surface area contributed by atoms with Gasteiger partial charge in [-0.3, -0.25) is 14.4 Å². The van der Waals surface area contributed by atoms with Crippen molar-refractivity contribution in [1.82, 2.24) is 10.6 Å². The molecule has 25 heavy (non-hydrogen) atoms. The van der Waals surface area contributed by atoms with Gasteiger partial charge in [-0.2, -0.15) is 0 Å². The third-order valence-corrected chi connectivity index (χ3v) is 3.94. The average molecular weight is 347 g/mol. The normalized spacial score (nSPS) is 15.7. The monoisotopic (exact) mass is 347 g/mol. The first-order valence-electron chi connectivity index (χ1n) is 8.03. The standard InChI is InChI=1S/C17H21N3O5/c18-12(8-10-6-7-10)15(22)16(23)19-9-13(21)20-14(17(24)25)11-4-2-1-3-5-11/h1-5,10,12,14H,6-9,18H2,(H,19,23)(H,20,21)(H,24,25). The number of rotatable bonds is 9. The van der Waals surface area contributed by atoms with Crippen LogP contribution in [-0.4, -0.2) is 41.3 Å². The highest BCUT2D eigenvalue weighted by molar-refractivity contribution is 6.38. The molecule has 0 heterocycles. The first-order chi connectivity index (χ1) is 11.9. The average Bonchev–Trinajstić information content (AvgIpc) is 3.41. The predicted octanol–water partition coefficient (Wildman–Crippen LogP) is -0.259. The van der Waals surface area contributed by atoms with Gasteiger partial charge < -0.3 is 21.5 Å². The van der Waals surface area contributed by atoms with Gasteiger partial charge in [-0.1, -0.05) is 43.2 Å². The summed E-state index contributed by atoms with van der Waals surface area (Å²) in [5.74, 6) is -3.24. The lowest BCUT2D eigenvalue weighted by Gasteiger charge is -2.15. The van der Waals surface area contributed by atoms with Gasteiger partial charge in [-0.25, -0.2) is 4.79 Å². The van der Waals surface area contributed by atoms with E-state index in [4.69, 9.17) is 5.73 Å². The van der Waals surface area contributed by atoms with E-state index in [0.717, 1.165) is 12.8 Å². The summed E-state index contributed by atoms with van der Waals surface area (Å²) in [6, 6.07) is 6.06. The Kier molecular flexibility index (Phi) is 6.24. The maximum absolute atomic E-state index is 11.9. The Labute approximate surface area is 144 Å². The second-order valence-electron chi connectivity index (χ2n) is 6.08. The summed E-state index contributed by atoms with van der Waals surface area (Å²) in [4.78, 5) is 46.7. The zero-order chi connectivity index (χ0) is 18.4. The molecule has 2 unspecified atom stereocenters. The van der Waals surface area contributed by atoms with Crippen molar-refractivity contribution in [2.45, 2.75) is 31.3 Å². The van der Waals surface area contributed by atoms with Crippen molar-refractivity contribution in [3.05, 3.63) is 35.9 Å². The minimum atomic E-state index is -1.24. The van der Waals surface area contributed by atoms with Crippen LogP contribution < -0.4 is 16.4 Å². The number of carbonyl (C=O) groups is 4. The van der Waals surface area contributed by atoms with E-state index in [1.165, 1.54) is 0 Å². The molecule has 1 aromatic rings. The van der Waals surface area contributed by atoms with Crippen LogP contribution in [0.2, 0.25) is 0 Å². The van der Waals surface area contributed by atoms with Crippen LogP contribution in [-0.2, 0) is 19.2 Å². The minimum absolute atomic E-state index is 0.400. The number of amides is 2. The molecule has 8 heteroatoms. The number of ketones is 1. The van der Waals surface area contributed by atoms with Crippen molar-refractivity contribution in [3.8, 4) is 0 Å². The molecule has 1 aromatic carbocycles. The quantitative estimate of drug-likeness (QED) is 0.454. The fourth-order valence-electron chi connectivity index (χ4n) is 2.38. The van der Waals surface area contributed by atoms with Gasteiger partial charge in [0.05, 0.1) is 12.6 Å². The molecule has 2 rings (SSSR count). The van der Waals surface area contributed by atoms with Gasteiger partial charge in [0.15, 0.2) is 6.04 Å². The number of carboxylic acid groups (broad SMARTS) is 1. The van der Waals surface area contributed by atoms with Gasteiger partial charge in [-0.05, 0) is 17.9 Å². The van der Waals surface area contributed by atoms with E-state index in [-0.39, 0.29) is 0 Å². The van der Waals surface area contributed by atoms with Crippen LogP contribution in [0.3, 0.4) is 0 Å². The summed E-state index contributed by atoms with van der Waals surface area (Å²) in [5.41, 5.74) is 6.07. The molecule has 0 aliphatic heterocycles. The number of hydrogen-bond donors (Lipinski definition) is 4. The van der Waals surface area contributed by atoms with Crippen molar-refractivity contribution in [2.75, 3.05) is 6.54 Å². The lowest BCUT2D eigenvalue weighted by atomic mass is 10.1. The summed E-state index contributed by atoms with van der Waals surface area (Å²) in [6.07, 6.45) is 2.50. The molecule has 1 aliphatic carbocycles. The van der Waals surface area contributed by atoms with Gasteiger partial charge in [0, 0.05) is 0 Å². The molecule has 1 aliphatic rings. The second-order valence-corrected chi connectivity index (χ2v) is 6.08. The van der Waals surface area contributed by atoms with E-state index in [0.29, 0.717) is 17.9 Å². The molecular formula is C17H21N3O5. The summed E-state index contributed by atoms with van der Waals surface area (Å²) in [6.45, 7) is -0.503. The Bertz CT molecular complexity index is 658. The molecule has 5 N–H and O–H groups in total. The van der Waals surface area contributed by atoms with E-state index in [1.807, 2.05) is 0 Å². The van der Waals surface area contributed by atoms with Crippen LogP contribution in [0.1, 0.15) is 30.9 Å². The van der Waals surface area contributed by atoms with Gasteiger partial charge in [0.1, 0.15) is 0 Å². The van der Waals surface area contributed by atoms with Crippen LogP contribution in [0.15, 0.2) is 30.3 Å². The molecule has 1 saturated carbocycles. The zero-order valence-electron chi connectivity index (χ0n) is 13.6. The third-order valence-electron chi connectivity index (χ3n) is 3.94. The molecule has 2 atom stereocenters. The lowest BCUT2D eigenvalue weighted by Crippen LogP contribution is -2.46. The maximum Gasteiger partial charge on any atom is 0.330 e. The van der Waals surface area contributed by atoms with Crippen molar-refractivity contribution in [3.63, 3.8) is 0 Å². The van der Waals surface area contributed by atoms with Gasteiger partial charge >= 0.3 is 5.97 Å². The number of benzene rings is 1. The van der Waals surface area contributed by atoms with Crippen molar-refractivity contribution in [2.24, 2.45) is 11.7 Å². The Morgan fingerprint density at radius 2 is 1.80 bits per heavy atom. The fourth-order valence-corrected chi connectivity index (χ4v) is 2.38. The van der Waals surface area contributed by atoms with Gasteiger partial charge in [0.2, 0.25) is 11.7 Å². The molecule has 0 spiro atoms. The van der Waals surface area contributed by atoms with E-state index < -0.39 is 42.2 Å². The van der Waals surface area contributed by atoms with E-state index in [2.05, 4.69) is 10.6 Å². The van der Waals surface area contributed by atoms with E-state index >= 15 is 0 Å². The SMILES string of the molecule is NC(CC1CC1)C(=O)C(=O)NCC(=O)NC(C(=O)O)c1ccccc1. The number of nitrogens with two attached hydrogens (primary N) is 1. The van der Waals surface area contributed by atoms with E-state index in [1.54, 1.807) is 30.3 Å². The number of aliphatic carboxylic acids is 1. The fraction of sp³-hybridized carbons (Fsp3) is 0.412. The van der Waals surface area contributed by atoms with Crippen molar-refractivity contribution >= 4 is 23.6 Å². The van der Waals surface area contributed by atoms with Crippen molar-refractivity contribution in [1.29, 1.82) is 0 Å². The molecule has 8 nitrogen and oxygen atoms in total. The largest absolute Gasteiger partial charge is 0.479 e. The number of carbonyl (C=O) groups excluding carboxylic acids is 3. The Balaban J connectivity index is 1.83. The Morgan fingerprint density at radius 1 is 1.16 bits per heavy atom. The molecule has 0 aromatic heterocycles. The molecule has 0 radical (unpaired) electrons. The number of carboxylic acids is 1. The lowest BCUT2D eigenvalue weighted by molar-refractivity contribution is -0.142. The number of hydrogen-bond acceptors (Lipinski definition) is 5. The Hall–Kier alpha value is -2.74. The highest BCUT2D eigenvalue weighted by Crippen LogP contribution is 2.33. The number of Topliss-reactive ketones (excluding diaryl/α,β-unsaturated/α-hetero) is 1. The number of nitrogens with one attached hydrogen (secondary N) is 2.